The van der Waals surface area contributed by atoms with Crippen molar-refractivity contribution in [2.75, 3.05) is 33.3 Å². The molecule has 0 atom stereocenters. The highest BCUT2D eigenvalue weighted by Gasteiger charge is 2.30. The van der Waals surface area contributed by atoms with Crippen molar-refractivity contribution < 1.29 is 17.9 Å². The molecule has 0 aromatic heterocycles. The lowest BCUT2D eigenvalue weighted by Crippen LogP contribution is -2.36. The number of carbonyl (C=O) groups excluding carboxylic acids is 1. The summed E-state index contributed by atoms with van der Waals surface area (Å²) in [5.74, 6) is 0.184. The summed E-state index contributed by atoms with van der Waals surface area (Å²) < 4.78 is 32.7. The fraction of sp³-hybridized carbons (Fsp3) is 0.588. The monoisotopic (exact) mass is 352 g/mol. The molecule has 2 aliphatic rings. The Morgan fingerprint density at radius 2 is 1.62 bits per heavy atom. The Hall–Kier alpha value is -1.60. The van der Waals surface area contributed by atoms with Gasteiger partial charge < -0.3 is 9.64 Å². The van der Waals surface area contributed by atoms with Crippen molar-refractivity contribution in [2.45, 2.75) is 37.0 Å². The van der Waals surface area contributed by atoms with E-state index in [2.05, 4.69) is 0 Å². The van der Waals surface area contributed by atoms with Gasteiger partial charge in [0.05, 0.1) is 7.11 Å². The van der Waals surface area contributed by atoms with Crippen molar-refractivity contribution in [2.24, 2.45) is 0 Å². The minimum absolute atomic E-state index is 0.0944. The molecule has 24 heavy (non-hydrogen) atoms. The third kappa shape index (κ3) is 3.28. The van der Waals surface area contributed by atoms with Crippen molar-refractivity contribution in [3.63, 3.8) is 0 Å². The molecular weight excluding hydrogens is 328 g/mol. The van der Waals surface area contributed by atoms with Crippen LogP contribution in [0.3, 0.4) is 0 Å². The number of carbonyl (C=O) groups is 1. The quantitative estimate of drug-likeness (QED) is 0.832. The first-order chi connectivity index (χ1) is 11.5. The van der Waals surface area contributed by atoms with Crippen LogP contribution in [0.5, 0.6) is 5.75 Å². The highest BCUT2D eigenvalue weighted by molar-refractivity contribution is 7.89. The van der Waals surface area contributed by atoms with Crippen molar-refractivity contribution in [1.29, 1.82) is 0 Å². The van der Waals surface area contributed by atoms with Crippen LogP contribution in [-0.4, -0.2) is 56.8 Å². The van der Waals surface area contributed by atoms with Gasteiger partial charge in [-0.15, -0.1) is 0 Å². The van der Waals surface area contributed by atoms with Crippen LogP contribution in [0, 0.1) is 0 Å². The number of ether oxygens (including phenoxy) is 1. The Morgan fingerprint density at radius 3 is 2.25 bits per heavy atom. The lowest BCUT2D eigenvalue weighted by molar-refractivity contribution is 0.0792. The maximum absolute atomic E-state index is 13.0. The van der Waals surface area contributed by atoms with E-state index >= 15 is 0 Å². The highest BCUT2D eigenvalue weighted by Crippen LogP contribution is 2.30. The molecule has 0 N–H and O–H groups in total. The molecule has 1 amide bonds. The van der Waals surface area contributed by atoms with Gasteiger partial charge in [0.15, 0.2) is 0 Å². The van der Waals surface area contributed by atoms with Crippen molar-refractivity contribution in [3.8, 4) is 5.75 Å². The third-order valence-electron chi connectivity index (χ3n) is 4.74. The molecule has 0 radical (unpaired) electrons. The Bertz CT molecular complexity index is 705. The lowest BCUT2D eigenvalue weighted by atomic mass is 10.2. The number of likely N-dealkylation sites (tertiary alicyclic amines) is 1. The predicted octanol–water partition coefficient (Wildman–Crippen LogP) is 2.11. The van der Waals surface area contributed by atoms with Crippen LogP contribution in [0.2, 0.25) is 0 Å². The highest BCUT2D eigenvalue weighted by atomic mass is 32.2. The van der Waals surface area contributed by atoms with Crippen LogP contribution in [0.15, 0.2) is 23.1 Å². The van der Waals surface area contributed by atoms with E-state index in [1.54, 1.807) is 17.0 Å². The number of rotatable bonds is 4. The van der Waals surface area contributed by atoms with E-state index < -0.39 is 10.0 Å². The van der Waals surface area contributed by atoms with Gasteiger partial charge in [0, 0.05) is 31.7 Å². The number of hydrogen-bond acceptors (Lipinski definition) is 4. The first kappa shape index (κ1) is 17.2. The molecule has 6 nitrogen and oxygen atoms in total. The molecule has 1 aromatic carbocycles. The van der Waals surface area contributed by atoms with Gasteiger partial charge in [-0.2, -0.15) is 4.31 Å². The summed E-state index contributed by atoms with van der Waals surface area (Å²) in [5.41, 5.74) is 0.410. The molecular formula is C17H24N2O4S. The number of nitrogens with zero attached hydrogens (tertiary/aromatic N) is 2. The van der Waals surface area contributed by atoms with Crippen molar-refractivity contribution in [3.05, 3.63) is 23.8 Å². The zero-order chi connectivity index (χ0) is 17.2. The largest absolute Gasteiger partial charge is 0.495 e. The first-order valence-electron chi connectivity index (χ1n) is 8.51. The summed E-state index contributed by atoms with van der Waals surface area (Å²) in [4.78, 5) is 14.4. The summed E-state index contributed by atoms with van der Waals surface area (Å²) in [6.45, 7) is 2.52. The molecule has 3 rings (SSSR count). The number of sulfonamides is 1. The molecule has 0 saturated carbocycles. The molecule has 2 aliphatic heterocycles. The molecule has 2 saturated heterocycles. The van der Waals surface area contributed by atoms with Gasteiger partial charge in [-0.1, -0.05) is 6.42 Å². The van der Waals surface area contributed by atoms with Gasteiger partial charge in [-0.05, 0) is 43.9 Å². The number of methoxy groups -OCH3 is 1. The molecule has 0 unspecified atom stereocenters. The summed E-state index contributed by atoms with van der Waals surface area (Å²) in [6.07, 6.45) is 4.79. The summed E-state index contributed by atoms with van der Waals surface area (Å²) in [5, 5.41) is 0. The molecule has 0 aliphatic carbocycles. The number of hydrogen-bond donors (Lipinski definition) is 0. The minimum Gasteiger partial charge on any atom is -0.495 e. The standard InChI is InChI=1S/C17H24N2O4S/c1-23-15-8-7-14(17(20)18-9-5-6-10-18)13-16(15)24(21,22)19-11-3-2-4-12-19/h7-8,13H,2-6,9-12H2,1H3. The first-order valence-corrected chi connectivity index (χ1v) is 9.95. The average Bonchev–Trinajstić information content (AvgIpc) is 3.16. The van der Waals surface area contributed by atoms with E-state index in [0.717, 1.165) is 45.2 Å². The van der Waals surface area contributed by atoms with Gasteiger partial charge >= 0.3 is 0 Å². The lowest BCUT2D eigenvalue weighted by Gasteiger charge is -2.27. The molecule has 132 valence electrons. The normalized spacial score (nSPS) is 19.5. The van der Waals surface area contributed by atoms with Crippen LogP contribution in [0.25, 0.3) is 0 Å². The molecule has 2 fully saturated rings. The zero-order valence-electron chi connectivity index (χ0n) is 14.0. The van der Waals surface area contributed by atoms with Gasteiger partial charge in [-0.3, -0.25) is 4.79 Å². The summed E-state index contributed by atoms with van der Waals surface area (Å²) in [7, 11) is -2.20. The van der Waals surface area contributed by atoms with Gasteiger partial charge in [0.2, 0.25) is 10.0 Å². The maximum atomic E-state index is 13.0. The Morgan fingerprint density at radius 1 is 1.00 bits per heavy atom. The van der Waals surface area contributed by atoms with Crippen LogP contribution in [0.1, 0.15) is 42.5 Å². The topological polar surface area (TPSA) is 66.9 Å². The van der Waals surface area contributed by atoms with E-state index in [4.69, 9.17) is 4.74 Å². The Kier molecular flexibility index (Phi) is 5.10. The van der Waals surface area contributed by atoms with E-state index in [0.29, 0.717) is 24.4 Å². The molecule has 0 bridgehead atoms. The van der Waals surface area contributed by atoms with Crippen LogP contribution >= 0.6 is 0 Å². The second kappa shape index (κ2) is 7.11. The van der Waals surface area contributed by atoms with Crippen LogP contribution in [-0.2, 0) is 10.0 Å². The summed E-state index contributed by atoms with van der Waals surface area (Å²) >= 11 is 0. The fourth-order valence-corrected chi connectivity index (χ4v) is 5.06. The number of piperidine rings is 1. The maximum Gasteiger partial charge on any atom is 0.253 e. The van der Waals surface area contributed by atoms with Gasteiger partial charge in [-0.25, -0.2) is 8.42 Å². The Labute approximate surface area is 143 Å². The smallest absolute Gasteiger partial charge is 0.253 e. The Balaban J connectivity index is 1.95. The second-order valence-corrected chi connectivity index (χ2v) is 8.24. The van der Waals surface area contributed by atoms with Crippen LogP contribution in [0.4, 0.5) is 0 Å². The average molecular weight is 352 g/mol. The SMILES string of the molecule is COc1ccc(C(=O)N2CCCC2)cc1S(=O)(=O)N1CCCCC1. The van der Waals surface area contributed by atoms with Crippen molar-refractivity contribution in [1.82, 2.24) is 9.21 Å². The van der Waals surface area contributed by atoms with E-state index in [1.165, 1.54) is 17.5 Å². The van der Waals surface area contributed by atoms with Crippen LogP contribution < -0.4 is 4.74 Å². The van der Waals surface area contributed by atoms with E-state index in [1.807, 2.05) is 0 Å². The molecule has 1 aromatic rings. The third-order valence-corrected chi connectivity index (χ3v) is 6.66. The molecule has 7 heteroatoms. The minimum atomic E-state index is -3.65. The van der Waals surface area contributed by atoms with E-state index in [-0.39, 0.29) is 10.8 Å². The number of benzene rings is 1. The fourth-order valence-electron chi connectivity index (χ4n) is 3.36. The van der Waals surface area contributed by atoms with E-state index in [9.17, 15) is 13.2 Å². The molecule has 2 heterocycles. The van der Waals surface area contributed by atoms with Gasteiger partial charge in [0.1, 0.15) is 10.6 Å². The molecule has 0 spiro atoms. The zero-order valence-corrected chi connectivity index (χ0v) is 14.8. The second-order valence-electron chi connectivity index (χ2n) is 6.33. The predicted molar refractivity (Wildman–Crippen MR) is 90.7 cm³/mol. The van der Waals surface area contributed by atoms with Gasteiger partial charge in [0.25, 0.3) is 5.91 Å². The number of amides is 1. The summed E-state index contributed by atoms with van der Waals surface area (Å²) in [6, 6.07) is 4.71. The van der Waals surface area contributed by atoms with Crippen molar-refractivity contribution >= 4 is 15.9 Å².